The number of carboxylic acid groups (broad SMARTS) is 1. The van der Waals surface area contributed by atoms with Gasteiger partial charge in [0.15, 0.2) is 9.84 Å². The topological polar surface area (TPSA) is 87.2 Å². The average molecular weight is 546 g/mol. The summed E-state index contributed by atoms with van der Waals surface area (Å²) in [4.78, 5) is 15.2. The molecule has 4 aromatic rings. The summed E-state index contributed by atoms with van der Waals surface area (Å²) in [6, 6.07) is 18.2. The van der Waals surface area contributed by atoms with Gasteiger partial charge in [0.05, 0.1) is 15.5 Å². The number of carboxylic acids is 1. The molecule has 1 heterocycles. The van der Waals surface area contributed by atoms with E-state index in [1.807, 2.05) is 43.3 Å². The molecular formula is C31H28ClNO4S. The number of sulfone groups is 1. The van der Waals surface area contributed by atoms with Crippen LogP contribution >= 0.6 is 11.6 Å². The third-order valence-electron chi connectivity index (χ3n) is 6.46. The number of aryl methyl sites for hydroxylation is 1. The Morgan fingerprint density at radius 3 is 2.37 bits per heavy atom. The van der Waals surface area contributed by atoms with Crippen molar-refractivity contribution < 1.29 is 18.3 Å². The molecule has 0 atom stereocenters. The first-order valence-electron chi connectivity index (χ1n) is 11.9. The lowest BCUT2D eigenvalue weighted by Gasteiger charge is -2.06. The zero-order valence-corrected chi connectivity index (χ0v) is 23.0. The molecule has 0 radical (unpaired) electrons. The number of hydrogen-bond donors (Lipinski definition) is 2. The van der Waals surface area contributed by atoms with Crippen LogP contribution in [0.1, 0.15) is 45.2 Å². The number of halogens is 1. The summed E-state index contributed by atoms with van der Waals surface area (Å²) >= 11 is 6.64. The van der Waals surface area contributed by atoms with Crippen molar-refractivity contribution >= 4 is 49.5 Å². The zero-order chi connectivity index (χ0) is 27.6. The number of nitrogens with one attached hydrogen (secondary N) is 1. The minimum absolute atomic E-state index is 0.270. The molecule has 4 rings (SSSR count). The zero-order valence-electron chi connectivity index (χ0n) is 21.4. The van der Waals surface area contributed by atoms with Crippen molar-refractivity contribution in [2.45, 2.75) is 25.2 Å². The fraction of sp³-hybridized carbons (Fsp3) is 0.129. The molecule has 5 nitrogen and oxygen atoms in total. The maximum absolute atomic E-state index is 11.7. The quantitative estimate of drug-likeness (QED) is 0.224. The van der Waals surface area contributed by atoms with E-state index in [9.17, 15) is 18.3 Å². The lowest BCUT2D eigenvalue weighted by atomic mass is 10.0. The van der Waals surface area contributed by atoms with E-state index in [0.717, 1.165) is 50.0 Å². The van der Waals surface area contributed by atoms with Crippen molar-refractivity contribution in [2.75, 3.05) is 6.26 Å². The molecule has 2 N–H and O–H groups in total. The predicted molar refractivity (Wildman–Crippen MR) is 156 cm³/mol. The number of benzene rings is 3. The highest BCUT2D eigenvalue weighted by molar-refractivity contribution is 7.90. The Hall–Kier alpha value is -3.87. The number of H-pyrrole nitrogens is 1. The van der Waals surface area contributed by atoms with Crippen LogP contribution in [-0.2, 0) is 16.3 Å². The molecule has 0 spiro atoms. The van der Waals surface area contributed by atoms with Gasteiger partial charge < -0.3 is 10.1 Å². The molecule has 0 fully saturated rings. The van der Waals surface area contributed by atoms with Crippen LogP contribution in [0.15, 0.2) is 90.4 Å². The Morgan fingerprint density at radius 1 is 1.03 bits per heavy atom. The standard InChI is InChI=1S/C31H28ClNO4S/c1-5-22(23-10-12-26(13-11-23)38(4,36)37)9-7-19(2)27-17-24-16-25(33-30(24)18-29(27)32)14-21-8-6-20(3)28(15-21)31(34)35/h5-13,15-18,33H,1,14H2,2-4H3,(H,34,35)/b19-7+,22-9+. The summed E-state index contributed by atoms with van der Waals surface area (Å²) in [7, 11) is -3.26. The smallest absolute Gasteiger partial charge is 0.335 e. The molecule has 0 aliphatic rings. The summed E-state index contributed by atoms with van der Waals surface area (Å²) in [5, 5.41) is 11.0. The van der Waals surface area contributed by atoms with Crippen LogP contribution in [0.2, 0.25) is 5.02 Å². The van der Waals surface area contributed by atoms with E-state index in [1.54, 1.807) is 43.3 Å². The van der Waals surface area contributed by atoms with Gasteiger partial charge in [-0.3, -0.25) is 0 Å². The number of fused-ring (bicyclic) bond motifs is 1. The predicted octanol–water partition coefficient (Wildman–Crippen LogP) is 7.50. The van der Waals surface area contributed by atoms with Gasteiger partial charge >= 0.3 is 5.97 Å². The Kier molecular flexibility index (Phi) is 7.76. The minimum Gasteiger partial charge on any atom is -0.478 e. The first kappa shape index (κ1) is 27.2. The van der Waals surface area contributed by atoms with Gasteiger partial charge in [-0.2, -0.15) is 0 Å². The molecule has 0 aliphatic heterocycles. The Bertz CT molecular complexity index is 1730. The number of allylic oxidation sites excluding steroid dienone is 5. The highest BCUT2D eigenvalue weighted by atomic mass is 35.5. The van der Waals surface area contributed by atoms with E-state index < -0.39 is 15.8 Å². The first-order valence-corrected chi connectivity index (χ1v) is 14.2. The largest absolute Gasteiger partial charge is 0.478 e. The van der Waals surface area contributed by atoms with Crippen LogP contribution in [0.3, 0.4) is 0 Å². The highest BCUT2D eigenvalue weighted by Gasteiger charge is 2.12. The molecule has 3 aromatic carbocycles. The molecule has 0 bridgehead atoms. The number of carbonyl (C=O) groups is 1. The van der Waals surface area contributed by atoms with E-state index in [1.165, 1.54) is 6.26 Å². The van der Waals surface area contributed by atoms with Crippen molar-refractivity contribution in [1.82, 2.24) is 4.98 Å². The molecule has 0 saturated carbocycles. The molecular weight excluding hydrogens is 518 g/mol. The number of hydrogen-bond acceptors (Lipinski definition) is 3. The fourth-order valence-corrected chi connectivity index (χ4v) is 5.27. The number of aromatic nitrogens is 1. The van der Waals surface area contributed by atoms with E-state index in [0.29, 0.717) is 17.0 Å². The summed E-state index contributed by atoms with van der Waals surface area (Å²) in [6.07, 6.45) is 7.37. The monoisotopic (exact) mass is 545 g/mol. The molecule has 7 heteroatoms. The van der Waals surface area contributed by atoms with E-state index >= 15 is 0 Å². The van der Waals surface area contributed by atoms with Crippen molar-refractivity contribution in [3.63, 3.8) is 0 Å². The lowest BCUT2D eigenvalue weighted by Crippen LogP contribution is -2.01. The third kappa shape index (κ3) is 5.98. The number of aromatic carboxylic acids is 1. The van der Waals surface area contributed by atoms with Gasteiger partial charge in [-0.15, -0.1) is 0 Å². The van der Waals surface area contributed by atoms with Gasteiger partial charge in [0.1, 0.15) is 0 Å². The maximum atomic E-state index is 11.7. The van der Waals surface area contributed by atoms with Crippen LogP contribution < -0.4 is 0 Å². The highest BCUT2D eigenvalue weighted by Crippen LogP contribution is 2.31. The van der Waals surface area contributed by atoms with E-state index in [2.05, 4.69) is 17.6 Å². The van der Waals surface area contributed by atoms with Gasteiger partial charge in [-0.05, 0) is 83.6 Å². The fourth-order valence-electron chi connectivity index (χ4n) is 4.32. The molecule has 38 heavy (non-hydrogen) atoms. The Morgan fingerprint density at radius 2 is 1.74 bits per heavy atom. The van der Waals surface area contributed by atoms with Gasteiger partial charge in [0.25, 0.3) is 0 Å². The second-order valence-electron chi connectivity index (χ2n) is 9.32. The van der Waals surface area contributed by atoms with Gasteiger partial charge in [0, 0.05) is 29.3 Å². The molecule has 0 unspecified atom stereocenters. The van der Waals surface area contributed by atoms with Gasteiger partial charge in [-0.25, -0.2) is 13.2 Å². The van der Waals surface area contributed by atoms with Crippen LogP contribution in [0.4, 0.5) is 0 Å². The number of rotatable bonds is 8. The van der Waals surface area contributed by atoms with Crippen molar-refractivity contribution in [3.8, 4) is 0 Å². The normalized spacial score (nSPS) is 12.6. The van der Waals surface area contributed by atoms with E-state index in [4.69, 9.17) is 11.6 Å². The number of aromatic amines is 1. The maximum Gasteiger partial charge on any atom is 0.335 e. The molecule has 194 valence electrons. The Balaban J connectivity index is 1.61. The third-order valence-corrected chi connectivity index (χ3v) is 7.91. The average Bonchev–Trinajstić information content (AvgIpc) is 3.25. The van der Waals surface area contributed by atoms with Crippen LogP contribution in [0.25, 0.3) is 22.0 Å². The van der Waals surface area contributed by atoms with Crippen molar-refractivity contribution in [3.05, 3.63) is 124 Å². The second-order valence-corrected chi connectivity index (χ2v) is 11.7. The molecule has 0 aliphatic carbocycles. The minimum atomic E-state index is -3.26. The van der Waals surface area contributed by atoms with Crippen LogP contribution in [-0.4, -0.2) is 30.7 Å². The van der Waals surface area contributed by atoms with Crippen molar-refractivity contribution in [2.24, 2.45) is 0 Å². The summed E-state index contributed by atoms with van der Waals surface area (Å²) in [5.41, 5.74) is 7.37. The second kappa shape index (κ2) is 10.9. The molecule has 1 aromatic heterocycles. The van der Waals surface area contributed by atoms with Gasteiger partial charge in [-0.1, -0.05) is 60.7 Å². The summed E-state index contributed by atoms with van der Waals surface area (Å²) in [5.74, 6) is -0.931. The van der Waals surface area contributed by atoms with Crippen LogP contribution in [0.5, 0.6) is 0 Å². The SMILES string of the molecule is C=C/C(=C\C=C(/C)c1cc2cc(Cc3ccc(C)c(C(=O)O)c3)[nH]c2cc1Cl)c1ccc(S(C)(=O)=O)cc1. The Labute approximate surface area is 227 Å². The lowest BCUT2D eigenvalue weighted by molar-refractivity contribution is 0.0696. The van der Waals surface area contributed by atoms with Crippen LogP contribution in [0, 0.1) is 6.92 Å². The van der Waals surface area contributed by atoms with Crippen molar-refractivity contribution in [1.29, 1.82) is 0 Å². The van der Waals surface area contributed by atoms with E-state index in [-0.39, 0.29) is 4.90 Å². The molecule has 0 amide bonds. The molecule has 0 saturated heterocycles. The van der Waals surface area contributed by atoms with Gasteiger partial charge in [0.2, 0.25) is 0 Å². The summed E-state index contributed by atoms with van der Waals surface area (Å²) in [6.45, 7) is 7.66. The summed E-state index contributed by atoms with van der Waals surface area (Å²) < 4.78 is 23.5. The first-order chi connectivity index (χ1) is 18.0.